The van der Waals surface area contributed by atoms with E-state index in [0.29, 0.717) is 5.92 Å². The maximum atomic E-state index is 5.76. The molecular formula is C13H20N6. The van der Waals surface area contributed by atoms with E-state index < -0.39 is 0 Å². The molecule has 19 heavy (non-hydrogen) atoms. The molecule has 2 aromatic heterocycles. The molecule has 1 atom stereocenters. The average Bonchev–Trinajstić information content (AvgIpc) is 3.00. The highest BCUT2D eigenvalue weighted by Crippen LogP contribution is 2.25. The number of hydrogen-bond donors (Lipinski definition) is 1. The zero-order chi connectivity index (χ0) is 13.4. The fraction of sp³-hybridized carbons (Fsp3) is 0.615. The second-order valence-corrected chi connectivity index (χ2v) is 5.17. The lowest BCUT2D eigenvalue weighted by Crippen LogP contribution is -2.26. The van der Waals surface area contributed by atoms with Gasteiger partial charge in [-0.3, -0.25) is 4.68 Å². The van der Waals surface area contributed by atoms with E-state index in [4.69, 9.17) is 5.73 Å². The molecule has 2 aromatic rings. The maximum absolute atomic E-state index is 5.76. The van der Waals surface area contributed by atoms with E-state index in [1.54, 1.807) is 0 Å². The zero-order valence-corrected chi connectivity index (χ0v) is 11.5. The lowest BCUT2D eigenvalue weighted by molar-refractivity contribution is 0.391. The van der Waals surface area contributed by atoms with E-state index >= 15 is 0 Å². The number of aryl methyl sites for hydroxylation is 2. The Hall–Kier alpha value is -1.69. The lowest BCUT2D eigenvalue weighted by Gasteiger charge is -2.22. The summed E-state index contributed by atoms with van der Waals surface area (Å²) < 4.78 is 4.20. The van der Waals surface area contributed by atoms with E-state index in [1.165, 1.54) is 0 Å². The summed E-state index contributed by atoms with van der Waals surface area (Å²) in [5.74, 6) is 2.54. The molecule has 0 saturated carbocycles. The van der Waals surface area contributed by atoms with Gasteiger partial charge in [-0.05, 0) is 38.8 Å². The Balaban J connectivity index is 2.01. The molecule has 0 aromatic carbocycles. The Bertz CT molecular complexity index is 582. The summed E-state index contributed by atoms with van der Waals surface area (Å²) in [6, 6.07) is 2.08. The first-order valence-corrected chi connectivity index (χ1v) is 6.90. The van der Waals surface area contributed by atoms with E-state index in [0.717, 1.165) is 55.5 Å². The van der Waals surface area contributed by atoms with Crippen LogP contribution in [0.5, 0.6) is 0 Å². The molecule has 0 aliphatic carbocycles. The van der Waals surface area contributed by atoms with Gasteiger partial charge in [-0.2, -0.15) is 5.10 Å². The summed E-state index contributed by atoms with van der Waals surface area (Å²) in [6.07, 6.45) is 2.04. The van der Waals surface area contributed by atoms with E-state index in [-0.39, 0.29) is 0 Å². The van der Waals surface area contributed by atoms with Gasteiger partial charge in [-0.15, -0.1) is 10.2 Å². The van der Waals surface area contributed by atoms with Crippen LogP contribution in [0.25, 0.3) is 11.5 Å². The molecule has 6 nitrogen and oxygen atoms in total. The quantitative estimate of drug-likeness (QED) is 0.893. The van der Waals surface area contributed by atoms with Crippen molar-refractivity contribution >= 4 is 0 Å². The van der Waals surface area contributed by atoms with Crippen molar-refractivity contribution in [3.63, 3.8) is 0 Å². The van der Waals surface area contributed by atoms with Gasteiger partial charge < -0.3 is 10.3 Å². The highest BCUT2D eigenvalue weighted by atomic mass is 15.3. The van der Waals surface area contributed by atoms with Gasteiger partial charge in [0.1, 0.15) is 11.5 Å². The van der Waals surface area contributed by atoms with Crippen LogP contribution in [0, 0.1) is 12.8 Å². The van der Waals surface area contributed by atoms with Gasteiger partial charge in [-0.25, -0.2) is 0 Å². The number of aromatic nitrogens is 5. The highest BCUT2D eigenvalue weighted by molar-refractivity contribution is 5.51. The van der Waals surface area contributed by atoms with Crippen molar-refractivity contribution < 1.29 is 0 Å². The van der Waals surface area contributed by atoms with Crippen LogP contribution in [-0.2, 0) is 19.5 Å². The second-order valence-electron chi connectivity index (χ2n) is 5.17. The third-order valence-corrected chi connectivity index (χ3v) is 3.82. The molecule has 2 N–H and O–H groups in total. The smallest absolute Gasteiger partial charge is 0.182 e. The molecule has 0 spiro atoms. The highest BCUT2D eigenvalue weighted by Gasteiger charge is 2.24. The Labute approximate surface area is 112 Å². The van der Waals surface area contributed by atoms with Crippen LogP contribution in [0.1, 0.15) is 24.9 Å². The monoisotopic (exact) mass is 260 g/mol. The van der Waals surface area contributed by atoms with Gasteiger partial charge >= 0.3 is 0 Å². The van der Waals surface area contributed by atoms with Gasteiger partial charge in [-0.1, -0.05) is 0 Å². The number of fused-ring (bicyclic) bond motifs is 1. The molecular weight excluding hydrogens is 240 g/mol. The predicted molar refractivity (Wildman–Crippen MR) is 72.5 cm³/mol. The fourth-order valence-electron chi connectivity index (χ4n) is 2.75. The van der Waals surface area contributed by atoms with Crippen molar-refractivity contribution in [2.24, 2.45) is 11.7 Å². The minimum absolute atomic E-state index is 0.544. The molecule has 0 bridgehead atoms. The number of nitrogens with zero attached hydrogens (tertiary/aromatic N) is 5. The summed E-state index contributed by atoms with van der Waals surface area (Å²) in [4.78, 5) is 0. The molecule has 0 fully saturated rings. The lowest BCUT2D eigenvalue weighted by atomic mass is 9.98. The van der Waals surface area contributed by atoms with Crippen molar-refractivity contribution in [2.75, 3.05) is 6.54 Å². The van der Waals surface area contributed by atoms with Crippen molar-refractivity contribution in [1.29, 1.82) is 0 Å². The van der Waals surface area contributed by atoms with Crippen LogP contribution in [0.3, 0.4) is 0 Å². The Morgan fingerprint density at radius 3 is 3.00 bits per heavy atom. The van der Waals surface area contributed by atoms with Crippen LogP contribution >= 0.6 is 0 Å². The number of rotatable bonds is 3. The van der Waals surface area contributed by atoms with Crippen molar-refractivity contribution in [3.05, 3.63) is 17.6 Å². The molecule has 3 heterocycles. The normalized spacial score (nSPS) is 18.6. The van der Waals surface area contributed by atoms with Crippen LogP contribution < -0.4 is 5.73 Å². The van der Waals surface area contributed by atoms with Gasteiger partial charge in [0.15, 0.2) is 5.82 Å². The summed E-state index contributed by atoms with van der Waals surface area (Å²) in [7, 11) is 0. The van der Waals surface area contributed by atoms with Crippen molar-refractivity contribution in [1.82, 2.24) is 24.5 Å². The Morgan fingerprint density at radius 1 is 1.42 bits per heavy atom. The third kappa shape index (κ3) is 2.06. The van der Waals surface area contributed by atoms with Gasteiger partial charge in [0, 0.05) is 19.5 Å². The Kier molecular flexibility index (Phi) is 3.10. The molecule has 3 rings (SSSR count). The first-order chi connectivity index (χ1) is 9.22. The largest absolute Gasteiger partial charge is 0.330 e. The van der Waals surface area contributed by atoms with E-state index in [9.17, 15) is 0 Å². The first-order valence-electron chi connectivity index (χ1n) is 6.90. The summed E-state index contributed by atoms with van der Waals surface area (Å²) in [5, 5.41) is 13.2. The van der Waals surface area contributed by atoms with Crippen LogP contribution in [0.2, 0.25) is 0 Å². The molecule has 1 aliphatic heterocycles. The summed E-state index contributed by atoms with van der Waals surface area (Å²) in [6.45, 7) is 6.62. The molecule has 6 heteroatoms. The van der Waals surface area contributed by atoms with Gasteiger partial charge in [0.2, 0.25) is 0 Å². The summed E-state index contributed by atoms with van der Waals surface area (Å²) in [5.41, 5.74) is 7.83. The van der Waals surface area contributed by atoms with Crippen LogP contribution in [-0.4, -0.2) is 31.1 Å². The predicted octanol–water partition coefficient (Wildman–Crippen LogP) is 0.991. The Morgan fingerprint density at radius 2 is 2.26 bits per heavy atom. The third-order valence-electron chi connectivity index (χ3n) is 3.82. The topological polar surface area (TPSA) is 74.5 Å². The van der Waals surface area contributed by atoms with E-state index in [1.807, 2.05) is 11.6 Å². The van der Waals surface area contributed by atoms with Crippen LogP contribution in [0.15, 0.2) is 6.07 Å². The molecule has 1 unspecified atom stereocenters. The standard InChI is InChI=1S/C13H20N6/c1-3-19-11(6-9(2)17-19)13-16-15-12-7-10(8-14)4-5-18(12)13/h6,10H,3-5,7-8,14H2,1-2H3. The molecule has 1 aliphatic rings. The van der Waals surface area contributed by atoms with Crippen molar-refractivity contribution in [2.45, 2.75) is 39.8 Å². The maximum Gasteiger partial charge on any atom is 0.182 e. The van der Waals surface area contributed by atoms with Crippen LogP contribution in [0.4, 0.5) is 0 Å². The minimum Gasteiger partial charge on any atom is -0.330 e. The van der Waals surface area contributed by atoms with Gasteiger partial charge in [0.25, 0.3) is 0 Å². The molecule has 0 radical (unpaired) electrons. The fourth-order valence-corrected chi connectivity index (χ4v) is 2.75. The van der Waals surface area contributed by atoms with E-state index in [2.05, 4.69) is 32.9 Å². The summed E-state index contributed by atoms with van der Waals surface area (Å²) >= 11 is 0. The minimum atomic E-state index is 0.544. The zero-order valence-electron chi connectivity index (χ0n) is 11.5. The second kappa shape index (κ2) is 4.77. The number of nitrogens with two attached hydrogens (primary N) is 1. The SMILES string of the molecule is CCn1nc(C)cc1-c1nnc2n1CCC(CN)C2. The number of hydrogen-bond acceptors (Lipinski definition) is 4. The molecule has 0 saturated heterocycles. The molecule has 0 amide bonds. The molecule has 102 valence electrons. The van der Waals surface area contributed by atoms with Crippen molar-refractivity contribution in [3.8, 4) is 11.5 Å². The first kappa shape index (κ1) is 12.3. The average molecular weight is 260 g/mol. The van der Waals surface area contributed by atoms with Gasteiger partial charge in [0.05, 0.1) is 5.69 Å².